The Morgan fingerprint density at radius 3 is 2.55 bits per heavy atom. The maximum absolute atomic E-state index is 5.15. The second kappa shape index (κ2) is 6.64. The van der Waals surface area contributed by atoms with Gasteiger partial charge in [-0.2, -0.15) is 0 Å². The lowest BCUT2D eigenvalue weighted by Gasteiger charge is -2.49. The first kappa shape index (κ1) is 17.4. The summed E-state index contributed by atoms with van der Waals surface area (Å²) in [5.74, 6) is 1.01. The van der Waals surface area contributed by atoms with Crippen LogP contribution in [0.25, 0.3) is 0 Å². The molecule has 1 N–H and O–H groups in total. The largest absolute Gasteiger partial charge is 0.383 e. The van der Waals surface area contributed by atoms with E-state index in [0.717, 1.165) is 31.8 Å². The molecular formula is C16H31N5O. The second-order valence-corrected chi connectivity index (χ2v) is 7.80. The second-order valence-electron chi connectivity index (χ2n) is 7.80. The van der Waals surface area contributed by atoms with E-state index in [1.807, 2.05) is 0 Å². The van der Waals surface area contributed by atoms with E-state index in [1.54, 1.807) is 13.4 Å². The summed E-state index contributed by atoms with van der Waals surface area (Å²) in [5.41, 5.74) is 0.314. The summed E-state index contributed by atoms with van der Waals surface area (Å²) in [6.45, 7) is 11.5. The maximum atomic E-state index is 5.15. The van der Waals surface area contributed by atoms with Crippen molar-refractivity contribution in [3.05, 3.63) is 12.2 Å². The summed E-state index contributed by atoms with van der Waals surface area (Å²) >= 11 is 0. The Labute approximate surface area is 134 Å². The van der Waals surface area contributed by atoms with Crippen molar-refractivity contribution >= 4 is 0 Å². The van der Waals surface area contributed by atoms with Gasteiger partial charge in [0.2, 0.25) is 0 Å². The summed E-state index contributed by atoms with van der Waals surface area (Å²) in [5, 5.41) is 12.1. The summed E-state index contributed by atoms with van der Waals surface area (Å²) < 4.78 is 7.23. The molecule has 1 saturated heterocycles. The first-order valence-electron chi connectivity index (χ1n) is 8.08. The minimum atomic E-state index is 0.157. The summed E-state index contributed by atoms with van der Waals surface area (Å²) in [6, 6.07) is 0.541. The number of aromatic nitrogens is 3. The highest BCUT2D eigenvalue weighted by Gasteiger charge is 2.39. The number of nitrogens with one attached hydrogen (secondary N) is 1. The number of rotatable bonds is 6. The molecule has 0 bridgehead atoms. The lowest BCUT2D eigenvalue weighted by Crippen LogP contribution is -2.61. The Balaban J connectivity index is 2.02. The van der Waals surface area contributed by atoms with Crippen LogP contribution >= 0.6 is 0 Å². The van der Waals surface area contributed by atoms with Gasteiger partial charge >= 0.3 is 0 Å². The summed E-state index contributed by atoms with van der Waals surface area (Å²) in [7, 11) is 3.91. The molecule has 0 spiro atoms. The molecule has 126 valence electrons. The summed E-state index contributed by atoms with van der Waals surface area (Å²) in [6.07, 6.45) is 4.07. The van der Waals surface area contributed by atoms with Gasteiger partial charge in [-0.15, -0.1) is 10.2 Å². The van der Waals surface area contributed by atoms with Gasteiger partial charge in [0.15, 0.2) is 0 Å². The topological polar surface area (TPSA) is 55.2 Å². The molecule has 1 aliphatic rings. The molecule has 0 aromatic carbocycles. The van der Waals surface area contributed by atoms with Crippen molar-refractivity contribution in [2.75, 3.05) is 20.8 Å². The molecule has 0 atom stereocenters. The van der Waals surface area contributed by atoms with Crippen molar-refractivity contribution in [2.45, 2.75) is 70.7 Å². The van der Waals surface area contributed by atoms with Crippen LogP contribution in [0.3, 0.4) is 0 Å². The van der Waals surface area contributed by atoms with Crippen molar-refractivity contribution in [2.24, 2.45) is 0 Å². The van der Waals surface area contributed by atoms with Crippen molar-refractivity contribution in [3.8, 4) is 0 Å². The van der Waals surface area contributed by atoms with Gasteiger partial charge in [-0.05, 0) is 47.6 Å². The molecule has 6 heteroatoms. The van der Waals surface area contributed by atoms with E-state index < -0.39 is 0 Å². The van der Waals surface area contributed by atoms with Gasteiger partial charge in [-0.3, -0.25) is 4.90 Å². The third-order valence-electron chi connectivity index (χ3n) is 4.41. The first-order valence-corrected chi connectivity index (χ1v) is 8.08. The van der Waals surface area contributed by atoms with E-state index in [2.05, 4.69) is 59.7 Å². The van der Waals surface area contributed by atoms with Crippen LogP contribution in [0.1, 0.15) is 46.4 Å². The van der Waals surface area contributed by atoms with Gasteiger partial charge in [-0.25, -0.2) is 0 Å². The van der Waals surface area contributed by atoms with Crippen LogP contribution in [-0.2, 0) is 17.8 Å². The lowest BCUT2D eigenvalue weighted by atomic mass is 9.79. The van der Waals surface area contributed by atoms with Gasteiger partial charge in [0, 0.05) is 30.8 Å². The molecule has 6 nitrogen and oxygen atoms in total. The minimum absolute atomic E-state index is 0.157. The number of methoxy groups -OCH3 is 1. The molecule has 0 amide bonds. The highest BCUT2D eigenvalue weighted by atomic mass is 16.5. The van der Waals surface area contributed by atoms with Crippen LogP contribution < -0.4 is 5.32 Å². The van der Waals surface area contributed by atoms with Gasteiger partial charge < -0.3 is 14.6 Å². The van der Waals surface area contributed by atoms with Gasteiger partial charge in [0.1, 0.15) is 12.2 Å². The Kier molecular flexibility index (Phi) is 5.25. The fourth-order valence-corrected chi connectivity index (χ4v) is 3.71. The van der Waals surface area contributed by atoms with E-state index in [4.69, 9.17) is 4.74 Å². The van der Waals surface area contributed by atoms with Crippen molar-refractivity contribution < 1.29 is 4.74 Å². The number of piperidine rings is 1. The van der Waals surface area contributed by atoms with E-state index in [0.29, 0.717) is 12.6 Å². The van der Waals surface area contributed by atoms with E-state index in [-0.39, 0.29) is 11.1 Å². The van der Waals surface area contributed by atoms with Crippen molar-refractivity contribution in [1.29, 1.82) is 0 Å². The average Bonchev–Trinajstić information content (AvgIpc) is 2.80. The molecule has 1 fully saturated rings. The number of hydrogen-bond donors (Lipinski definition) is 1. The molecule has 2 rings (SSSR count). The molecule has 22 heavy (non-hydrogen) atoms. The molecule has 0 saturated carbocycles. The van der Waals surface area contributed by atoms with Crippen molar-refractivity contribution in [1.82, 2.24) is 25.0 Å². The zero-order valence-corrected chi connectivity index (χ0v) is 14.9. The fraction of sp³-hybridized carbons (Fsp3) is 0.875. The third-order valence-corrected chi connectivity index (χ3v) is 4.41. The molecule has 1 aromatic rings. The Bertz CT molecular complexity index is 467. The Hall–Kier alpha value is -0.980. The van der Waals surface area contributed by atoms with Crippen LogP contribution in [0.15, 0.2) is 6.33 Å². The number of hydrogen-bond acceptors (Lipinski definition) is 5. The van der Waals surface area contributed by atoms with Crippen LogP contribution in [-0.4, -0.2) is 57.5 Å². The zero-order chi connectivity index (χ0) is 16.4. The normalized spacial score (nSPS) is 21.4. The molecule has 0 aliphatic carbocycles. The maximum Gasteiger partial charge on any atom is 0.147 e. The number of nitrogens with zero attached hydrogens (tertiary/aromatic N) is 4. The van der Waals surface area contributed by atoms with Gasteiger partial charge in [-0.1, -0.05) is 0 Å². The average molecular weight is 309 g/mol. The monoisotopic (exact) mass is 309 g/mol. The highest BCUT2D eigenvalue weighted by molar-refractivity contribution is 5.00. The Morgan fingerprint density at radius 2 is 1.95 bits per heavy atom. The third kappa shape index (κ3) is 4.51. The summed E-state index contributed by atoms with van der Waals surface area (Å²) in [4.78, 5) is 2.41. The zero-order valence-electron chi connectivity index (χ0n) is 14.9. The molecule has 1 aliphatic heterocycles. The van der Waals surface area contributed by atoms with E-state index in [1.165, 1.54) is 0 Å². The number of ether oxygens (including phenoxy) is 1. The van der Waals surface area contributed by atoms with Crippen LogP contribution in [0.4, 0.5) is 0 Å². The molecule has 0 unspecified atom stereocenters. The predicted molar refractivity (Wildman–Crippen MR) is 87.7 cm³/mol. The highest BCUT2D eigenvalue weighted by Crippen LogP contribution is 2.31. The molecule has 1 aromatic heterocycles. The van der Waals surface area contributed by atoms with E-state index in [9.17, 15) is 0 Å². The predicted octanol–water partition coefficient (Wildman–Crippen LogP) is 1.67. The van der Waals surface area contributed by atoms with Crippen LogP contribution in [0.5, 0.6) is 0 Å². The van der Waals surface area contributed by atoms with Crippen LogP contribution in [0.2, 0.25) is 0 Å². The lowest BCUT2D eigenvalue weighted by molar-refractivity contribution is 0.0753. The van der Waals surface area contributed by atoms with Crippen LogP contribution in [0, 0.1) is 0 Å². The van der Waals surface area contributed by atoms with Gasteiger partial charge in [0.25, 0.3) is 0 Å². The fourth-order valence-electron chi connectivity index (χ4n) is 3.71. The minimum Gasteiger partial charge on any atom is -0.383 e. The SMILES string of the molecule is COCCn1cnnc1CN(C)C1CC(C)(C)NC(C)(C)C1. The molecular weight excluding hydrogens is 278 g/mol. The smallest absolute Gasteiger partial charge is 0.147 e. The molecule has 2 heterocycles. The first-order chi connectivity index (χ1) is 10.2. The quantitative estimate of drug-likeness (QED) is 0.866. The van der Waals surface area contributed by atoms with Gasteiger partial charge in [0.05, 0.1) is 13.2 Å². The Morgan fingerprint density at radius 1 is 1.32 bits per heavy atom. The van der Waals surface area contributed by atoms with E-state index >= 15 is 0 Å². The standard InChI is InChI=1S/C16H31N5O/c1-15(2)9-13(10-16(3,4)19-15)20(5)11-14-18-17-12-21(14)7-8-22-6/h12-13,19H,7-11H2,1-6H3. The molecule has 0 radical (unpaired) electrons. The van der Waals surface area contributed by atoms with Crippen molar-refractivity contribution in [3.63, 3.8) is 0 Å².